The van der Waals surface area contributed by atoms with Gasteiger partial charge in [0, 0.05) is 31.6 Å². The smallest absolute Gasteiger partial charge is 0.420 e. The molecule has 3 N–H and O–H groups in total. The van der Waals surface area contributed by atoms with Gasteiger partial charge >= 0.3 is 18.2 Å². The van der Waals surface area contributed by atoms with Gasteiger partial charge in [-0.3, -0.25) is 0 Å². The summed E-state index contributed by atoms with van der Waals surface area (Å²) in [6, 6.07) is 1.36. The average Bonchev–Trinajstić information content (AvgIpc) is 2.54. The van der Waals surface area contributed by atoms with Crippen molar-refractivity contribution < 1.29 is 37.3 Å². The number of benzene rings is 1. The first-order valence-corrected chi connectivity index (χ1v) is 8.66. The Hall–Kier alpha value is -2.65. The number of amides is 1. The molecule has 1 heterocycles. The molecule has 0 unspecified atom stereocenters. The number of ether oxygens (including phenoxy) is 2. The van der Waals surface area contributed by atoms with E-state index in [4.69, 9.17) is 20.3 Å². The first-order chi connectivity index (χ1) is 12.8. The highest BCUT2D eigenvalue weighted by Crippen LogP contribution is 2.39. The summed E-state index contributed by atoms with van der Waals surface area (Å²) >= 11 is 0. The van der Waals surface area contributed by atoms with Crippen molar-refractivity contribution in [3.8, 4) is 5.75 Å². The largest absolute Gasteiger partial charge is 0.490 e. The van der Waals surface area contributed by atoms with E-state index in [0.29, 0.717) is 6.07 Å². The summed E-state index contributed by atoms with van der Waals surface area (Å²) in [7, 11) is 0. The number of carboxylic acid groups (broad SMARTS) is 1. The first kappa shape index (κ1) is 21.6. The van der Waals surface area contributed by atoms with E-state index in [2.05, 4.69) is 0 Å². The molecule has 7 nitrogen and oxygen atoms in total. The molecule has 0 aromatic heterocycles. The molecule has 1 aliphatic heterocycles. The summed E-state index contributed by atoms with van der Waals surface area (Å²) in [6.07, 6.45) is -5.29. The van der Waals surface area contributed by atoms with Crippen LogP contribution in [0.2, 0.25) is 0 Å². The van der Waals surface area contributed by atoms with Gasteiger partial charge in [0.05, 0.1) is 11.1 Å². The number of aromatic carboxylic acids is 1. The Bertz CT molecular complexity index is 751. The molecule has 1 amide bonds. The molecule has 1 aromatic carbocycles. The van der Waals surface area contributed by atoms with Gasteiger partial charge in [-0.05, 0) is 32.9 Å². The minimum absolute atomic E-state index is 0.252. The molecule has 2 rings (SSSR count). The van der Waals surface area contributed by atoms with Gasteiger partial charge in [0.25, 0.3) is 0 Å². The fourth-order valence-electron chi connectivity index (χ4n) is 2.76. The Balaban J connectivity index is 2.13. The minimum Gasteiger partial charge on any atom is -0.490 e. The number of carbonyl (C=O) groups excluding carboxylic acids is 1. The molecule has 0 aliphatic carbocycles. The Morgan fingerprint density at radius 2 is 1.75 bits per heavy atom. The maximum Gasteiger partial charge on any atom is 0.420 e. The summed E-state index contributed by atoms with van der Waals surface area (Å²) in [5.41, 5.74) is 2.69. The molecular formula is C18H23F3N2O5. The molecule has 0 spiro atoms. The SMILES string of the molecule is CC(C)(C)OC(=O)N1CCC(Oc2cc(C(=O)O)c(N)cc2C(F)(F)F)CC1. The van der Waals surface area contributed by atoms with Crippen molar-refractivity contribution in [3.63, 3.8) is 0 Å². The standard InChI is InChI=1S/C18H23F3N2O5/c1-17(2,3)28-16(26)23-6-4-10(5-7-23)27-14-8-11(15(24)25)13(22)9-12(14)18(19,20)21/h8-10H,4-7,22H2,1-3H3,(H,24,25). The Morgan fingerprint density at radius 3 is 2.21 bits per heavy atom. The number of hydrogen-bond acceptors (Lipinski definition) is 5. The van der Waals surface area contributed by atoms with E-state index in [9.17, 15) is 22.8 Å². The van der Waals surface area contributed by atoms with Crippen LogP contribution in [0, 0.1) is 0 Å². The van der Waals surface area contributed by atoms with Crippen molar-refractivity contribution in [2.45, 2.75) is 51.5 Å². The Kier molecular flexibility index (Phi) is 6.00. The monoisotopic (exact) mass is 404 g/mol. The van der Waals surface area contributed by atoms with Gasteiger partial charge < -0.3 is 25.2 Å². The lowest BCUT2D eigenvalue weighted by molar-refractivity contribution is -0.139. The minimum atomic E-state index is -4.75. The summed E-state index contributed by atoms with van der Waals surface area (Å²) < 4.78 is 50.6. The van der Waals surface area contributed by atoms with Crippen molar-refractivity contribution >= 4 is 17.7 Å². The number of piperidine rings is 1. The highest BCUT2D eigenvalue weighted by atomic mass is 19.4. The number of likely N-dealkylation sites (tertiary alicyclic amines) is 1. The second kappa shape index (κ2) is 7.76. The number of hydrogen-bond donors (Lipinski definition) is 2. The maximum atomic E-state index is 13.3. The topological polar surface area (TPSA) is 102 Å². The first-order valence-electron chi connectivity index (χ1n) is 8.66. The molecular weight excluding hydrogens is 381 g/mol. The van der Waals surface area contributed by atoms with Crippen LogP contribution in [0.15, 0.2) is 12.1 Å². The molecule has 0 bridgehead atoms. The Labute approximate surface area is 160 Å². The van der Waals surface area contributed by atoms with Crippen LogP contribution in [0.1, 0.15) is 49.5 Å². The van der Waals surface area contributed by atoms with Crippen molar-refractivity contribution in [1.29, 1.82) is 0 Å². The molecule has 0 atom stereocenters. The average molecular weight is 404 g/mol. The van der Waals surface area contributed by atoms with Crippen molar-refractivity contribution in [1.82, 2.24) is 4.90 Å². The van der Waals surface area contributed by atoms with E-state index in [1.54, 1.807) is 20.8 Å². The fourth-order valence-corrected chi connectivity index (χ4v) is 2.76. The second-order valence-electron chi connectivity index (χ2n) is 7.52. The van der Waals surface area contributed by atoms with Gasteiger partial charge in [0.15, 0.2) is 0 Å². The van der Waals surface area contributed by atoms with Crippen LogP contribution >= 0.6 is 0 Å². The van der Waals surface area contributed by atoms with Crippen molar-refractivity contribution in [3.05, 3.63) is 23.3 Å². The van der Waals surface area contributed by atoms with Crippen LogP contribution < -0.4 is 10.5 Å². The number of rotatable bonds is 3. The third-order valence-electron chi connectivity index (χ3n) is 4.07. The lowest BCUT2D eigenvalue weighted by atomic mass is 10.1. The van der Waals surface area contributed by atoms with Crippen LogP contribution in [-0.4, -0.2) is 46.9 Å². The van der Waals surface area contributed by atoms with Gasteiger partial charge in [0.1, 0.15) is 17.5 Å². The van der Waals surface area contributed by atoms with Gasteiger partial charge in [-0.1, -0.05) is 0 Å². The van der Waals surface area contributed by atoms with E-state index in [1.165, 1.54) is 4.90 Å². The quantitative estimate of drug-likeness (QED) is 0.744. The van der Waals surface area contributed by atoms with Crippen LogP contribution in [-0.2, 0) is 10.9 Å². The van der Waals surface area contributed by atoms with Crippen molar-refractivity contribution in [2.75, 3.05) is 18.8 Å². The lowest BCUT2D eigenvalue weighted by Gasteiger charge is -2.34. The number of nitrogen functional groups attached to an aromatic ring is 1. The van der Waals surface area contributed by atoms with Crippen molar-refractivity contribution in [2.24, 2.45) is 0 Å². The number of anilines is 1. The molecule has 0 saturated carbocycles. The van der Waals surface area contributed by atoms with E-state index in [-0.39, 0.29) is 25.9 Å². The highest BCUT2D eigenvalue weighted by molar-refractivity contribution is 5.94. The number of nitrogens with zero attached hydrogens (tertiary/aromatic N) is 1. The molecule has 1 saturated heterocycles. The van der Waals surface area contributed by atoms with E-state index < -0.39 is 52.5 Å². The third kappa shape index (κ3) is 5.43. The van der Waals surface area contributed by atoms with Crippen LogP contribution in [0.5, 0.6) is 5.75 Å². The van der Waals surface area contributed by atoms with Crippen LogP contribution in [0.25, 0.3) is 0 Å². The van der Waals surface area contributed by atoms with Gasteiger partial charge in [-0.2, -0.15) is 13.2 Å². The molecule has 1 aromatic rings. The van der Waals surface area contributed by atoms with Gasteiger partial charge in [-0.15, -0.1) is 0 Å². The molecule has 1 fully saturated rings. The number of alkyl halides is 3. The normalized spacial score (nSPS) is 16.0. The summed E-state index contributed by atoms with van der Waals surface area (Å²) in [4.78, 5) is 24.7. The number of halogens is 3. The van der Waals surface area contributed by atoms with E-state index >= 15 is 0 Å². The number of carboxylic acids is 1. The molecule has 1 aliphatic rings. The molecule has 28 heavy (non-hydrogen) atoms. The maximum absolute atomic E-state index is 13.3. The highest BCUT2D eigenvalue weighted by Gasteiger charge is 2.37. The molecule has 0 radical (unpaired) electrons. The Morgan fingerprint density at radius 1 is 1.18 bits per heavy atom. The van der Waals surface area contributed by atoms with Gasteiger partial charge in [0.2, 0.25) is 0 Å². The summed E-state index contributed by atoms with van der Waals surface area (Å²) in [5.74, 6) is -2.04. The lowest BCUT2D eigenvalue weighted by Crippen LogP contribution is -2.44. The fraction of sp³-hybridized carbons (Fsp3) is 0.556. The summed E-state index contributed by atoms with van der Waals surface area (Å²) in [6.45, 7) is 5.71. The predicted molar refractivity (Wildman–Crippen MR) is 94.3 cm³/mol. The van der Waals surface area contributed by atoms with Crippen LogP contribution in [0.4, 0.5) is 23.7 Å². The van der Waals surface area contributed by atoms with Gasteiger partial charge in [-0.25, -0.2) is 9.59 Å². The third-order valence-corrected chi connectivity index (χ3v) is 4.07. The molecule has 10 heteroatoms. The van der Waals surface area contributed by atoms with E-state index in [1.807, 2.05) is 0 Å². The predicted octanol–water partition coefficient (Wildman–Crippen LogP) is 3.76. The zero-order valence-electron chi connectivity index (χ0n) is 15.8. The van der Waals surface area contributed by atoms with E-state index in [0.717, 1.165) is 6.07 Å². The zero-order valence-corrected chi connectivity index (χ0v) is 15.8. The van der Waals surface area contributed by atoms with Crippen LogP contribution in [0.3, 0.4) is 0 Å². The molecule has 156 valence electrons. The second-order valence-corrected chi connectivity index (χ2v) is 7.52. The number of carbonyl (C=O) groups is 2. The summed E-state index contributed by atoms with van der Waals surface area (Å²) in [5, 5.41) is 9.10. The zero-order chi connectivity index (χ0) is 21.3. The number of nitrogens with two attached hydrogens (primary N) is 1.